The van der Waals surface area contributed by atoms with E-state index in [-0.39, 0.29) is 0 Å². The molecule has 1 aromatic carbocycles. The molecule has 20 heavy (non-hydrogen) atoms. The van der Waals surface area contributed by atoms with Crippen molar-refractivity contribution >= 4 is 5.69 Å². The van der Waals surface area contributed by atoms with Crippen LogP contribution in [0.4, 0.5) is 5.69 Å². The topological polar surface area (TPSA) is 51.8 Å². The fourth-order valence-electron chi connectivity index (χ4n) is 2.38. The first kappa shape index (κ1) is 13.2. The van der Waals surface area contributed by atoms with E-state index in [0.29, 0.717) is 0 Å². The maximum absolute atomic E-state index is 5.20. The van der Waals surface area contributed by atoms with Crippen molar-refractivity contribution in [3.8, 4) is 0 Å². The number of piperazine rings is 1. The number of nitrogens with zero attached hydrogens (tertiary/aromatic N) is 2. The molecule has 2 heterocycles. The molecule has 0 spiro atoms. The second-order valence-electron chi connectivity index (χ2n) is 5.11. The molecule has 0 aromatic heterocycles. The van der Waals surface area contributed by atoms with Gasteiger partial charge in [-0.15, -0.1) is 0 Å². The molecule has 2 aliphatic rings. The highest BCUT2D eigenvalue weighted by Gasteiger charge is 2.11. The van der Waals surface area contributed by atoms with Crippen molar-refractivity contribution in [3.05, 3.63) is 41.8 Å². The van der Waals surface area contributed by atoms with Crippen LogP contribution in [0, 0.1) is 0 Å². The first-order chi connectivity index (χ1) is 9.79. The van der Waals surface area contributed by atoms with Crippen LogP contribution in [-0.4, -0.2) is 36.2 Å². The van der Waals surface area contributed by atoms with Crippen molar-refractivity contribution in [1.82, 2.24) is 20.9 Å². The largest absolute Gasteiger partial charge is 0.392 e. The number of hydrogen-bond donors (Lipinski definition) is 3. The lowest BCUT2D eigenvalue weighted by atomic mass is 10.2. The van der Waals surface area contributed by atoms with Crippen LogP contribution in [0.2, 0.25) is 0 Å². The number of hydrazine groups is 2. The number of allylic oxidation sites excluding steroid dienone is 1. The number of anilines is 1. The van der Waals surface area contributed by atoms with Crippen LogP contribution in [0.3, 0.4) is 0 Å². The summed E-state index contributed by atoms with van der Waals surface area (Å²) in [5.74, 6) is 0.875. The van der Waals surface area contributed by atoms with E-state index < -0.39 is 0 Å². The van der Waals surface area contributed by atoms with Crippen molar-refractivity contribution < 1.29 is 4.84 Å². The van der Waals surface area contributed by atoms with E-state index in [9.17, 15) is 0 Å². The average molecular weight is 275 g/mol. The summed E-state index contributed by atoms with van der Waals surface area (Å²) in [6, 6.07) is 8.46. The standard InChI is InChI=1S/C14H21N5O/c1-12-10-19(17-20-12)11-13-3-2-4-14(9-13)16-18-7-5-15-6-8-18/h2-4,9-10,15-17H,5-8,11H2,1H3. The molecular formula is C14H21N5O. The van der Waals surface area contributed by atoms with Gasteiger partial charge in [0.05, 0.1) is 12.7 Å². The smallest absolute Gasteiger partial charge is 0.140 e. The van der Waals surface area contributed by atoms with Crippen molar-refractivity contribution in [2.24, 2.45) is 0 Å². The van der Waals surface area contributed by atoms with Gasteiger partial charge in [0, 0.05) is 31.9 Å². The molecule has 2 aliphatic heterocycles. The number of hydrogen-bond acceptors (Lipinski definition) is 6. The molecule has 1 aromatic rings. The molecular weight excluding hydrogens is 254 g/mol. The van der Waals surface area contributed by atoms with Gasteiger partial charge >= 0.3 is 0 Å². The quantitative estimate of drug-likeness (QED) is 0.763. The van der Waals surface area contributed by atoms with Crippen LogP contribution in [-0.2, 0) is 11.4 Å². The maximum Gasteiger partial charge on any atom is 0.140 e. The number of rotatable bonds is 4. The Morgan fingerprint density at radius 1 is 1.30 bits per heavy atom. The molecule has 0 radical (unpaired) electrons. The third-order valence-electron chi connectivity index (χ3n) is 3.35. The van der Waals surface area contributed by atoms with Gasteiger partial charge in [-0.1, -0.05) is 17.7 Å². The Morgan fingerprint density at radius 3 is 2.90 bits per heavy atom. The van der Waals surface area contributed by atoms with Crippen LogP contribution >= 0.6 is 0 Å². The summed E-state index contributed by atoms with van der Waals surface area (Å²) in [6.07, 6.45) is 1.95. The minimum Gasteiger partial charge on any atom is -0.392 e. The molecule has 0 bridgehead atoms. The minimum absolute atomic E-state index is 0.772. The zero-order valence-corrected chi connectivity index (χ0v) is 11.7. The van der Waals surface area contributed by atoms with E-state index >= 15 is 0 Å². The third kappa shape index (κ3) is 3.41. The molecule has 1 saturated heterocycles. The molecule has 3 N–H and O–H groups in total. The monoisotopic (exact) mass is 275 g/mol. The van der Waals surface area contributed by atoms with Gasteiger partial charge in [-0.2, -0.15) is 0 Å². The predicted octanol–water partition coefficient (Wildman–Crippen LogP) is 1.03. The Morgan fingerprint density at radius 2 is 2.15 bits per heavy atom. The molecule has 1 fully saturated rings. The van der Waals surface area contributed by atoms with Gasteiger partial charge in [0.15, 0.2) is 0 Å². The zero-order chi connectivity index (χ0) is 13.8. The molecule has 0 aliphatic carbocycles. The Labute approximate surface area is 119 Å². The molecule has 0 saturated carbocycles. The lowest BCUT2D eigenvalue weighted by Gasteiger charge is -2.28. The van der Waals surface area contributed by atoms with Gasteiger partial charge in [0.2, 0.25) is 0 Å². The molecule has 6 nitrogen and oxygen atoms in total. The average Bonchev–Trinajstić information content (AvgIpc) is 2.86. The van der Waals surface area contributed by atoms with Gasteiger partial charge < -0.3 is 15.6 Å². The van der Waals surface area contributed by atoms with Gasteiger partial charge in [-0.05, 0) is 24.6 Å². The normalized spacial score (nSPS) is 19.6. The molecule has 3 rings (SSSR count). The minimum atomic E-state index is 0.772. The first-order valence-electron chi connectivity index (χ1n) is 6.98. The van der Waals surface area contributed by atoms with Gasteiger partial charge in [0.25, 0.3) is 0 Å². The van der Waals surface area contributed by atoms with Crippen LogP contribution in [0.5, 0.6) is 0 Å². The van der Waals surface area contributed by atoms with Gasteiger partial charge in [0.1, 0.15) is 5.76 Å². The Bertz CT molecular complexity index is 484. The second kappa shape index (κ2) is 6.13. The SMILES string of the molecule is CC1=CN(Cc2cccc(NN3CCNCC3)c2)NO1. The van der Waals surface area contributed by atoms with Crippen molar-refractivity contribution in [1.29, 1.82) is 0 Å². The van der Waals surface area contributed by atoms with E-state index in [2.05, 4.69) is 45.6 Å². The Hall–Kier alpha value is -1.76. The molecule has 0 atom stereocenters. The molecule has 6 heteroatoms. The summed E-state index contributed by atoms with van der Waals surface area (Å²) in [5, 5.41) is 7.52. The summed E-state index contributed by atoms with van der Waals surface area (Å²) < 4.78 is 0. The van der Waals surface area contributed by atoms with E-state index in [1.54, 1.807) is 0 Å². The van der Waals surface area contributed by atoms with Crippen LogP contribution in [0.1, 0.15) is 12.5 Å². The highest BCUT2D eigenvalue weighted by molar-refractivity contribution is 5.45. The molecule has 0 amide bonds. The Balaban J connectivity index is 1.60. The highest BCUT2D eigenvalue weighted by atomic mass is 16.7. The number of nitrogens with one attached hydrogen (secondary N) is 3. The number of benzene rings is 1. The lowest BCUT2D eigenvalue weighted by molar-refractivity contribution is 0.0183. The van der Waals surface area contributed by atoms with Crippen LogP contribution in [0.15, 0.2) is 36.2 Å². The summed E-state index contributed by atoms with van der Waals surface area (Å²) in [7, 11) is 0. The lowest BCUT2D eigenvalue weighted by Crippen LogP contribution is -2.46. The molecule has 0 unspecified atom stereocenters. The first-order valence-corrected chi connectivity index (χ1v) is 6.98. The fourth-order valence-corrected chi connectivity index (χ4v) is 2.38. The van der Waals surface area contributed by atoms with Crippen LogP contribution in [0.25, 0.3) is 0 Å². The fraction of sp³-hybridized carbons (Fsp3) is 0.429. The van der Waals surface area contributed by atoms with Gasteiger partial charge in [-0.25, -0.2) is 5.01 Å². The second-order valence-corrected chi connectivity index (χ2v) is 5.11. The summed E-state index contributed by atoms with van der Waals surface area (Å²) in [4.78, 5) is 5.20. The molecule has 108 valence electrons. The van der Waals surface area contributed by atoms with E-state index in [1.807, 2.05) is 18.1 Å². The van der Waals surface area contributed by atoms with E-state index in [1.165, 1.54) is 5.56 Å². The van der Waals surface area contributed by atoms with Crippen molar-refractivity contribution in [3.63, 3.8) is 0 Å². The summed E-state index contributed by atoms with van der Waals surface area (Å²) in [6.45, 7) is 6.81. The van der Waals surface area contributed by atoms with Crippen molar-refractivity contribution in [2.75, 3.05) is 31.6 Å². The highest BCUT2D eigenvalue weighted by Crippen LogP contribution is 2.15. The Kier molecular flexibility index (Phi) is 4.05. The maximum atomic E-state index is 5.20. The van der Waals surface area contributed by atoms with Crippen LogP contribution < -0.4 is 16.3 Å². The summed E-state index contributed by atoms with van der Waals surface area (Å²) >= 11 is 0. The van der Waals surface area contributed by atoms with Crippen molar-refractivity contribution in [2.45, 2.75) is 13.5 Å². The summed E-state index contributed by atoms with van der Waals surface area (Å²) in [5.41, 5.74) is 8.68. The van der Waals surface area contributed by atoms with Gasteiger partial charge in [-0.3, -0.25) is 5.01 Å². The predicted molar refractivity (Wildman–Crippen MR) is 78.0 cm³/mol. The van der Waals surface area contributed by atoms with E-state index in [0.717, 1.165) is 44.2 Å². The third-order valence-corrected chi connectivity index (χ3v) is 3.35. The van der Waals surface area contributed by atoms with E-state index in [4.69, 9.17) is 4.84 Å². The zero-order valence-electron chi connectivity index (χ0n) is 11.7.